The van der Waals surface area contributed by atoms with Crippen LogP contribution < -0.4 is 10.2 Å². The van der Waals surface area contributed by atoms with Gasteiger partial charge in [-0.15, -0.1) is 22.7 Å². The number of carbonyl (C=O) groups excluding carboxylic acids is 2. The van der Waals surface area contributed by atoms with Crippen LogP contribution in [-0.2, 0) is 0 Å². The maximum Gasteiger partial charge on any atom is 0.276 e. The Morgan fingerprint density at radius 2 is 1.80 bits per heavy atom. The van der Waals surface area contributed by atoms with Gasteiger partial charge in [-0.25, -0.2) is 15.0 Å². The molecular weight excluding hydrogens is 541 g/mol. The molecule has 1 aliphatic rings. The van der Waals surface area contributed by atoms with Crippen molar-refractivity contribution in [3.63, 3.8) is 0 Å². The second-order valence-corrected chi connectivity index (χ2v) is 11.6. The van der Waals surface area contributed by atoms with Crippen molar-refractivity contribution >= 4 is 67.1 Å². The van der Waals surface area contributed by atoms with Crippen molar-refractivity contribution in [2.45, 2.75) is 18.8 Å². The minimum absolute atomic E-state index is 0.0413. The molecule has 0 unspecified atom stereocenters. The summed E-state index contributed by atoms with van der Waals surface area (Å²) in [4.78, 5) is 45.0. The monoisotopic (exact) mass is 564 g/mol. The number of nitrogens with zero attached hydrogens (tertiary/aromatic N) is 4. The van der Waals surface area contributed by atoms with Crippen molar-refractivity contribution < 1.29 is 9.59 Å². The van der Waals surface area contributed by atoms with Crippen LogP contribution in [0.5, 0.6) is 0 Å². The van der Waals surface area contributed by atoms with Crippen LogP contribution >= 0.6 is 22.7 Å². The predicted octanol–water partition coefficient (Wildman–Crippen LogP) is 6.50. The Hall–Kier alpha value is -4.41. The summed E-state index contributed by atoms with van der Waals surface area (Å²) in [6, 6.07) is 18.6. The molecule has 2 aromatic carbocycles. The average molecular weight is 565 g/mol. The van der Waals surface area contributed by atoms with Crippen LogP contribution in [-0.4, -0.2) is 44.7 Å². The van der Waals surface area contributed by atoms with Crippen molar-refractivity contribution in [1.82, 2.24) is 19.9 Å². The van der Waals surface area contributed by atoms with E-state index in [0.717, 1.165) is 57.9 Å². The van der Waals surface area contributed by atoms with E-state index in [2.05, 4.69) is 30.5 Å². The van der Waals surface area contributed by atoms with Crippen LogP contribution in [0.2, 0.25) is 0 Å². The third-order valence-corrected chi connectivity index (χ3v) is 9.20. The fourth-order valence-corrected chi connectivity index (χ4v) is 7.03. The Labute approximate surface area is 237 Å². The molecule has 5 heterocycles. The van der Waals surface area contributed by atoms with Gasteiger partial charge in [0.1, 0.15) is 23.7 Å². The molecule has 198 valence electrons. The molecule has 40 heavy (non-hydrogen) atoms. The van der Waals surface area contributed by atoms with Gasteiger partial charge in [-0.3, -0.25) is 9.59 Å². The van der Waals surface area contributed by atoms with Gasteiger partial charge in [0.15, 0.2) is 5.78 Å². The lowest BCUT2D eigenvalue weighted by atomic mass is 9.97. The number of H-pyrrole nitrogens is 1. The number of hydrogen-bond acceptors (Lipinski definition) is 8. The lowest BCUT2D eigenvalue weighted by molar-refractivity contribution is 0.101. The molecule has 1 aliphatic heterocycles. The summed E-state index contributed by atoms with van der Waals surface area (Å²) >= 11 is 3.22. The highest BCUT2D eigenvalue weighted by molar-refractivity contribution is 7.17. The van der Waals surface area contributed by atoms with Crippen molar-refractivity contribution in [1.29, 1.82) is 0 Å². The highest BCUT2D eigenvalue weighted by Crippen LogP contribution is 2.35. The summed E-state index contributed by atoms with van der Waals surface area (Å²) in [5.41, 5.74) is 3.42. The minimum Gasteiger partial charge on any atom is -0.355 e. The molecule has 10 heteroatoms. The van der Waals surface area contributed by atoms with Crippen molar-refractivity contribution in [3.8, 4) is 0 Å². The number of hydrogen-bond donors (Lipinski definition) is 2. The van der Waals surface area contributed by atoms with Crippen LogP contribution in [0.3, 0.4) is 0 Å². The zero-order valence-electron chi connectivity index (χ0n) is 21.3. The van der Waals surface area contributed by atoms with Crippen LogP contribution in [0.1, 0.15) is 50.2 Å². The maximum absolute atomic E-state index is 13.0. The highest BCUT2D eigenvalue weighted by Gasteiger charge is 2.26. The number of aromatic amines is 1. The van der Waals surface area contributed by atoms with Crippen LogP contribution in [0.4, 0.5) is 11.6 Å². The number of fused-ring (bicyclic) bond motifs is 2. The number of anilines is 2. The Morgan fingerprint density at radius 1 is 0.950 bits per heavy atom. The number of nitrogens with one attached hydrogen (secondary N) is 2. The van der Waals surface area contributed by atoms with Gasteiger partial charge in [-0.05, 0) is 36.4 Å². The summed E-state index contributed by atoms with van der Waals surface area (Å²) in [6.45, 7) is 1.78. The topological polar surface area (TPSA) is 104 Å². The molecule has 6 aromatic rings. The van der Waals surface area contributed by atoms with Gasteiger partial charge in [0, 0.05) is 46.4 Å². The zero-order chi connectivity index (χ0) is 27.1. The number of thiophene rings is 1. The Balaban J connectivity index is 1.01. The van der Waals surface area contributed by atoms with E-state index in [9.17, 15) is 9.59 Å². The largest absolute Gasteiger partial charge is 0.355 e. The molecule has 0 spiro atoms. The number of amides is 1. The molecule has 0 saturated carbocycles. The predicted molar refractivity (Wildman–Crippen MR) is 160 cm³/mol. The molecule has 2 N–H and O–H groups in total. The fourth-order valence-electron chi connectivity index (χ4n) is 5.20. The lowest BCUT2D eigenvalue weighted by Gasteiger charge is -2.32. The Morgan fingerprint density at radius 3 is 2.65 bits per heavy atom. The molecule has 1 fully saturated rings. The van der Waals surface area contributed by atoms with E-state index in [1.807, 2.05) is 53.9 Å². The molecule has 0 aliphatic carbocycles. The second-order valence-electron chi connectivity index (χ2n) is 9.80. The standard InChI is InChI=1S/C30H24N6O2S2/c37-26(18-4-2-1-3-5-18)21-7-6-20-15-25(33-23(20)14-21)35-29(38)24-16-40-30(34-24)19-8-11-36(12-9-19)28-27-22(10-13-39-27)31-17-32-28/h1-7,10,13-17,19,33H,8-9,11-12H2,(H,35,38). The fraction of sp³-hybridized carbons (Fsp3) is 0.167. The summed E-state index contributed by atoms with van der Waals surface area (Å²) in [5.74, 6) is 1.59. The smallest absolute Gasteiger partial charge is 0.276 e. The van der Waals surface area contributed by atoms with E-state index < -0.39 is 0 Å². The van der Waals surface area contributed by atoms with Crippen molar-refractivity contribution in [2.24, 2.45) is 0 Å². The summed E-state index contributed by atoms with van der Waals surface area (Å²) in [7, 11) is 0. The third kappa shape index (κ3) is 4.65. The zero-order valence-corrected chi connectivity index (χ0v) is 23.0. The third-order valence-electron chi connectivity index (χ3n) is 7.29. The number of carbonyl (C=O) groups is 2. The number of rotatable bonds is 6. The normalized spacial score (nSPS) is 14.2. The molecule has 1 saturated heterocycles. The van der Waals surface area contributed by atoms with Crippen LogP contribution in [0, 0.1) is 0 Å². The summed E-state index contributed by atoms with van der Waals surface area (Å²) in [5, 5.41) is 8.72. The van der Waals surface area contributed by atoms with Gasteiger partial charge in [0.25, 0.3) is 5.91 Å². The van der Waals surface area contributed by atoms with E-state index in [4.69, 9.17) is 4.98 Å². The number of piperidine rings is 1. The first-order valence-electron chi connectivity index (χ1n) is 13.0. The van der Waals surface area contributed by atoms with E-state index in [0.29, 0.717) is 28.6 Å². The lowest BCUT2D eigenvalue weighted by Crippen LogP contribution is -2.33. The molecule has 0 atom stereocenters. The van der Waals surface area contributed by atoms with Crippen molar-refractivity contribution in [2.75, 3.05) is 23.3 Å². The minimum atomic E-state index is -0.256. The average Bonchev–Trinajstić information content (AvgIpc) is 3.76. The quantitative estimate of drug-likeness (QED) is 0.224. The molecule has 7 rings (SSSR count). The highest BCUT2D eigenvalue weighted by atomic mass is 32.1. The van der Waals surface area contributed by atoms with Gasteiger partial charge >= 0.3 is 0 Å². The number of ketones is 1. The van der Waals surface area contributed by atoms with Gasteiger partial charge in [0.05, 0.1) is 15.2 Å². The SMILES string of the molecule is O=C(c1ccccc1)c1ccc2cc(NC(=O)c3csc(C4CCN(c5ncnc6ccsc56)CC4)n3)[nH]c2c1. The first kappa shape index (κ1) is 24.6. The van der Waals surface area contributed by atoms with Crippen LogP contribution in [0.15, 0.2) is 77.8 Å². The number of benzene rings is 2. The Bertz CT molecular complexity index is 1850. The van der Waals surface area contributed by atoms with Crippen LogP contribution in [0.25, 0.3) is 21.1 Å². The summed E-state index contributed by atoms with van der Waals surface area (Å²) in [6.07, 6.45) is 3.55. The Kier molecular flexibility index (Phi) is 6.33. The van der Waals surface area contributed by atoms with E-state index >= 15 is 0 Å². The van der Waals surface area contributed by atoms with Gasteiger partial charge in [0.2, 0.25) is 0 Å². The molecule has 0 radical (unpaired) electrons. The second kappa shape index (κ2) is 10.3. The van der Waals surface area contributed by atoms with E-state index in [-0.39, 0.29) is 11.7 Å². The maximum atomic E-state index is 13.0. The molecule has 0 bridgehead atoms. The van der Waals surface area contributed by atoms with Gasteiger partial charge < -0.3 is 15.2 Å². The van der Waals surface area contributed by atoms with E-state index in [1.54, 1.807) is 41.1 Å². The first-order chi connectivity index (χ1) is 19.6. The molecular formula is C30H24N6O2S2. The van der Waals surface area contributed by atoms with Gasteiger partial charge in [-0.1, -0.05) is 42.5 Å². The molecule has 1 amide bonds. The molecule has 8 nitrogen and oxygen atoms in total. The number of thiazole rings is 1. The van der Waals surface area contributed by atoms with Gasteiger partial charge in [-0.2, -0.15) is 0 Å². The van der Waals surface area contributed by atoms with E-state index in [1.165, 1.54) is 0 Å². The first-order valence-corrected chi connectivity index (χ1v) is 14.8. The number of aromatic nitrogens is 4. The molecule has 4 aromatic heterocycles. The van der Waals surface area contributed by atoms with Crippen molar-refractivity contribution in [3.05, 3.63) is 99.6 Å². The summed E-state index contributed by atoms with van der Waals surface area (Å²) < 4.78 is 1.13.